The van der Waals surface area contributed by atoms with Gasteiger partial charge >= 0.3 is 11.9 Å². The van der Waals surface area contributed by atoms with Crippen LogP contribution in [-0.2, 0) is 29.7 Å². The second-order valence-electron chi connectivity index (χ2n) is 6.12. The van der Waals surface area contributed by atoms with Crippen molar-refractivity contribution in [3.8, 4) is 0 Å². The number of benzene rings is 3. The van der Waals surface area contributed by atoms with Crippen molar-refractivity contribution in [2.24, 2.45) is 0 Å². The monoisotopic (exact) mass is 476 g/mol. The highest BCUT2D eigenvalue weighted by Gasteiger charge is 2.24. The van der Waals surface area contributed by atoms with Crippen LogP contribution in [0.4, 0.5) is 0 Å². The van der Waals surface area contributed by atoms with Crippen molar-refractivity contribution < 1.29 is 36.1 Å². The number of carbonyl (C=O) groups excluding carboxylic acids is 2. The van der Waals surface area contributed by atoms with E-state index < -0.39 is 32.0 Å². The standard InChI is InChI=1S/C20H16N2O8S2/c23-19(29-21-31(25,26)15-9-3-1-4-10-15)17-13-7-8-14-18(17)20(24)30-22-32(27,28)16-11-5-2-6-12-16/h1-14,21-22H. The first-order valence-corrected chi connectivity index (χ1v) is 11.8. The summed E-state index contributed by atoms with van der Waals surface area (Å²) >= 11 is 0. The van der Waals surface area contributed by atoms with Gasteiger partial charge in [0.05, 0.1) is 20.9 Å². The first-order valence-electron chi connectivity index (χ1n) is 8.86. The van der Waals surface area contributed by atoms with Gasteiger partial charge in [-0.3, -0.25) is 0 Å². The summed E-state index contributed by atoms with van der Waals surface area (Å²) < 4.78 is 48.7. The molecule has 0 spiro atoms. The molecule has 10 nitrogen and oxygen atoms in total. The summed E-state index contributed by atoms with van der Waals surface area (Å²) in [7, 11) is -8.32. The van der Waals surface area contributed by atoms with E-state index in [4.69, 9.17) is 0 Å². The topological polar surface area (TPSA) is 145 Å². The molecular weight excluding hydrogens is 460 g/mol. The first-order chi connectivity index (χ1) is 15.2. The lowest BCUT2D eigenvalue weighted by Gasteiger charge is -2.10. The molecule has 32 heavy (non-hydrogen) atoms. The first kappa shape index (κ1) is 23.1. The molecule has 0 saturated carbocycles. The molecule has 0 aromatic heterocycles. The van der Waals surface area contributed by atoms with Crippen molar-refractivity contribution in [1.82, 2.24) is 9.77 Å². The summed E-state index contributed by atoms with van der Waals surface area (Å²) in [4.78, 5) is 37.1. The summed E-state index contributed by atoms with van der Waals surface area (Å²) in [6, 6.07) is 19.5. The van der Waals surface area contributed by atoms with Gasteiger partial charge in [0.2, 0.25) is 0 Å². The van der Waals surface area contributed by atoms with Crippen LogP contribution in [0.3, 0.4) is 0 Å². The van der Waals surface area contributed by atoms with Gasteiger partial charge in [-0.2, -0.15) is 0 Å². The molecule has 0 radical (unpaired) electrons. The summed E-state index contributed by atoms with van der Waals surface area (Å²) in [5.74, 6) is -2.41. The van der Waals surface area contributed by atoms with Gasteiger partial charge in [-0.05, 0) is 46.2 Å². The Balaban J connectivity index is 1.71. The summed E-state index contributed by atoms with van der Waals surface area (Å²) in [5, 5.41) is 0. The molecule has 166 valence electrons. The lowest BCUT2D eigenvalue weighted by molar-refractivity contribution is 0.0361. The Kier molecular flexibility index (Phi) is 7.00. The highest BCUT2D eigenvalue weighted by molar-refractivity contribution is 7.89. The molecule has 3 aromatic rings. The summed E-state index contributed by atoms with van der Waals surface area (Å²) in [6.07, 6.45) is 0. The third kappa shape index (κ3) is 5.56. The average molecular weight is 476 g/mol. The van der Waals surface area contributed by atoms with E-state index in [0.29, 0.717) is 0 Å². The van der Waals surface area contributed by atoms with Crippen LogP contribution in [0.1, 0.15) is 20.7 Å². The van der Waals surface area contributed by atoms with Crippen molar-refractivity contribution in [2.45, 2.75) is 9.79 Å². The van der Waals surface area contributed by atoms with E-state index in [1.807, 2.05) is 0 Å². The van der Waals surface area contributed by atoms with E-state index in [-0.39, 0.29) is 20.9 Å². The second kappa shape index (κ2) is 9.70. The Bertz CT molecular complexity index is 1220. The van der Waals surface area contributed by atoms with Crippen molar-refractivity contribution >= 4 is 32.0 Å². The maximum Gasteiger partial charge on any atom is 0.358 e. The van der Waals surface area contributed by atoms with E-state index in [9.17, 15) is 26.4 Å². The molecule has 0 aliphatic rings. The molecule has 0 amide bonds. The minimum Gasteiger partial charge on any atom is -0.351 e. The Hall–Kier alpha value is -3.58. The van der Waals surface area contributed by atoms with E-state index in [0.717, 1.165) is 0 Å². The van der Waals surface area contributed by atoms with Gasteiger partial charge < -0.3 is 9.68 Å². The van der Waals surface area contributed by atoms with E-state index in [1.165, 1.54) is 72.8 Å². The van der Waals surface area contributed by atoms with Crippen LogP contribution in [0.15, 0.2) is 94.7 Å². The number of rotatable bonds is 8. The Labute approximate surface area is 183 Å². The van der Waals surface area contributed by atoms with Crippen LogP contribution in [0, 0.1) is 0 Å². The van der Waals surface area contributed by atoms with Gasteiger partial charge in [0, 0.05) is 0 Å². The smallest absolute Gasteiger partial charge is 0.351 e. The Morgan fingerprint density at radius 1 is 0.531 bits per heavy atom. The quantitative estimate of drug-likeness (QED) is 0.468. The minimum absolute atomic E-state index is 0.143. The molecule has 3 aromatic carbocycles. The third-order valence-electron chi connectivity index (χ3n) is 3.96. The molecule has 0 aliphatic heterocycles. The van der Waals surface area contributed by atoms with Crippen LogP contribution in [-0.4, -0.2) is 28.8 Å². The number of nitrogens with one attached hydrogen (secondary N) is 2. The maximum absolute atomic E-state index is 12.4. The Morgan fingerprint density at radius 2 is 0.844 bits per heavy atom. The van der Waals surface area contributed by atoms with Crippen LogP contribution in [0.25, 0.3) is 0 Å². The normalized spacial score (nSPS) is 11.5. The van der Waals surface area contributed by atoms with Crippen molar-refractivity contribution in [2.75, 3.05) is 0 Å². The molecule has 0 heterocycles. The van der Waals surface area contributed by atoms with Crippen molar-refractivity contribution in [1.29, 1.82) is 0 Å². The fourth-order valence-electron chi connectivity index (χ4n) is 2.43. The van der Waals surface area contributed by atoms with Crippen LogP contribution in [0.2, 0.25) is 0 Å². The SMILES string of the molecule is O=C(ONS(=O)(=O)c1ccccc1)c1ccccc1C(=O)ONS(=O)(=O)c1ccccc1. The number of hydrogen-bond donors (Lipinski definition) is 2. The van der Waals surface area contributed by atoms with E-state index in [2.05, 4.69) is 9.68 Å². The molecular formula is C20H16N2O8S2. The van der Waals surface area contributed by atoms with Crippen molar-refractivity contribution in [3.05, 3.63) is 96.1 Å². The lowest BCUT2D eigenvalue weighted by Crippen LogP contribution is -2.30. The Morgan fingerprint density at radius 3 is 1.19 bits per heavy atom. The van der Waals surface area contributed by atoms with Crippen LogP contribution >= 0.6 is 0 Å². The zero-order chi connectivity index (χ0) is 23.2. The molecule has 2 N–H and O–H groups in total. The average Bonchev–Trinajstić information content (AvgIpc) is 2.82. The molecule has 0 aliphatic carbocycles. The second-order valence-corrected chi connectivity index (χ2v) is 9.41. The zero-order valence-electron chi connectivity index (χ0n) is 16.2. The van der Waals surface area contributed by atoms with Gasteiger partial charge in [0.1, 0.15) is 0 Å². The van der Waals surface area contributed by atoms with Crippen LogP contribution in [0.5, 0.6) is 0 Å². The number of carbonyl (C=O) groups is 2. The van der Waals surface area contributed by atoms with E-state index >= 15 is 0 Å². The lowest BCUT2D eigenvalue weighted by atomic mass is 10.1. The molecule has 0 unspecified atom stereocenters. The minimum atomic E-state index is -4.16. The number of hydrogen-bond acceptors (Lipinski definition) is 8. The fourth-order valence-corrected chi connectivity index (χ4v) is 4.02. The van der Waals surface area contributed by atoms with E-state index in [1.54, 1.807) is 21.9 Å². The van der Waals surface area contributed by atoms with Gasteiger partial charge in [-0.1, -0.05) is 48.5 Å². The number of sulfonamides is 2. The zero-order valence-corrected chi connectivity index (χ0v) is 17.8. The fraction of sp³-hybridized carbons (Fsp3) is 0. The maximum atomic E-state index is 12.4. The third-order valence-corrected chi connectivity index (χ3v) is 6.35. The molecule has 0 saturated heterocycles. The molecule has 0 bridgehead atoms. The van der Waals surface area contributed by atoms with Gasteiger partial charge in [-0.15, -0.1) is 0 Å². The molecule has 12 heteroatoms. The van der Waals surface area contributed by atoms with Crippen LogP contribution < -0.4 is 9.77 Å². The molecule has 0 atom stereocenters. The van der Waals surface area contributed by atoms with Gasteiger partial charge in [0.15, 0.2) is 0 Å². The summed E-state index contributed by atoms with van der Waals surface area (Å²) in [6.45, 7) is 0. The van der Waals surface area contributed by atoms with Gasteiger partial charge in [-0.25, -0.2) is 26.4 Å². The largest absolute Gasteiger partial charge is 0.358 e. The molecule has 0 fully saturated rings. The molecule has 3 rings (SSSR count). The van der Waals surface area contributed by atoms with Crippen molar-refractivity contribution in [3.63, 3.8) is 0 Å². The van der Waals surface area contributed by atoms with Gasteiger partial charge in [0.25, 0.3) is 20.0 Å². The highest BCUT2D eigenvalue weighted by atomic mass is 32.2. The highest BCUT2D eigenvalue weighted by Crippen LogP contribution is 2.14. The summed E-state index contributed by atoms with van der Waals surface area (Å²) in [5.41, 5.74) is -0.709. The predicted octanol–water partition coefficient (Wildman–Crippen LogP) is 1.79. The predicted molar refractivity (Wildman–Crippen MR) is 111 cm³/mol.